The van der Waals surface area contributed by atoms with Crippen molar-refractivity contribution >= 4 is 11.4 Å². The molecule has 0 spiro atoms. The Balaban J connectivity index is 1.92. The van der Waals surface area contributed by atoms with Gasteiger partial charge in [0.15, 0.2) is 0 Å². The van der Waals surface area contributed by atoms with E-state index in [1.54, 1.807) is 31.5 Å². The second kappa shape index (κ2) is 5.99. The number of aromatic amines is 1. The average molecular weight is 260 g/mol. The first-order valence-corrected chi connectivity index (χ1v) is 6.14. The van der Waals surface area contributed by atoms with Crippen LogP contribution >= 0.6 is 0 Å². The van der Waals surface area contributed by atoms with Crippen LogP contribution in [0.15, 0.2) is 30.6 Å². The predicted octanol–water partition coefficient (Wildman–Crippen LogP) is 2.67. The third kappa shape index (κ3) is 3.31. The Labute approximate surface area is 111 Å². The molecular weight excluding hydrogens is 244 g/mol. The summed E-state index contributed by atoms with van der Waals surface area (Å²) in [5.41, 5.74) is 1.39. The molecule has 100 valence electrons. The van der Waals surface area contributed by atoms with Crippen LogP contribution in [0, 0.1) is 17.0 Å². The lowest BCUT2D eigenvalue weighted by atomic mass is 10.1. The summed E-state index contributed by atoms with van der Waals surface area (Å²) in [6, 6.07) is 5.29. The third-order valence-electron chi connectivity index (χ3n) is 2.88. The van der Waals surface area contributed by atoms with Crippen LogP contribution in [0.1, 0.15) is 17.8 Å². The second-order valence-corrected chi connectivity index (χ2v) is 4.29. The van der Waals surface area contributed by atoms with Crippen LogP contribution in [0.25, 0.3) is 0 Å². The number of benzene rings is 1. The smallest absolute Gasteiger partial charge is 0.295 e. The number of nitrogens with zero attached hydrogens (tertiary/aromatic N) is 2. The van der Waals surface area contributed by atoms with Crippen LogP contribution in [0.4, 0.5) is 11.4 Å². The Kier molecular flexibility index (Phi) is 4.12. The van der Waals surface area contributed by atoms with Crippen molar-refractivity contribution in [2.75, 3.05) is 11.9 Å². The Bertz CT molecular complexity index is 552. The van der Waals surface area contributed by atoms with Gasteiger partial charge in [0.25, 0.3) is 5.69 Å². The summed E-state index contributed by atoms with van der Waals surface area (Å²) in [5, 5.41) is 14.1. The van der Waals surface area contributed by atoms with Crippen molar-refractivity contribution in [2.45, 2.75) is 19.8 Å². The van der Waals surface area contributed by atoms with Gasteiger partial charge in [-0.15, -0.1) is 0 Å². The van der Waals surface area contributed by atoms with E-state index in [0.29, 0.717) is 17.8 Å². The summed E-state index contributed by atoms with van der Waals surface area (Å²) in [7, 11) is 0. The van der Waals surface area contributed by atoms with Gasteiger partial charge in [0.2, 0.25) is 0 Å². The summed E-state index contributed by atoms with van der Waals surface area (Å²) < 4.78 is 0. The highest BCUT2D eigenvalue weighted by molar-refractivity contribution is 5.64. The van der Waals surface area contributed by atoms with Crippen LogP contribution < -0.4 is 5.32 Å². The number of hydrogen-bond acceptors (Lipinski definition) is 4. The Morgan fingerprint density at radius 3 is 3.00 bits per heavy atom. The van der Waals surface area contributed by atoms with Gasteiger partial charge < -0.3 is 10.3 Å². The highest BCUT2D eigenvalue weighted by atomic mass is 16.6. The number of nitro groups is 1. The van der Waals surface area contributed by atoms with Crippen molar-refractivity contribution in [3.63, 3.8) is 0 Å². The highest BCUT2D eigenvalue weighted by Gasteiger charge is 2.15. The summed E-state index contributed by atoms with van der Waals surface area (Å²) in [4.78, 5) is 17.8. The zero-order chi connectivity index (χ0) is 13.7. The maximum absolute atomic E-state index is 11.0. The van der Waals surface area contributed by atoms with Gasteiger partial charge in [0, 0.05) is 30.9 Å². The normalized spacial score (nSPS) is 10.4. The minimum Gasteiger partial charge on any atom is -0.379 e. The number of aryl methyl sites for hydroxylation is 2. The SMILES string of the molecule is Cc1cccc(NCCCc2ncc[nH]2)c1[N+](=O)[O-]. The molecular formula is C13H16N4O2. The molecule has 0 bridgehead atoms. The first-order valence-electron chi connectivity index (χ1n) is 6.14. The Morgan fingerprint density at radius 1 is 1.47 bits per heavy atom. The molecule has 2 rings (SSSR count). The van der Waals surface area contributed by atoms with Crippen LogP contribution in [-0.4, -0.2) is 21.4 Å². The first-order chi connectivity index (χ1) is 9.18. The number of rotatable bonds is 6. The van der Waals surface area contributed by atoms with Gasteiger partial charge in [0.1, 0.15) is 11.5 Å². The predicted molar refractivity (Wildman–Crippen MR) is 73.2 cm³/mol. The van der Waals surface area contributed by atoms with Crippen LogP contribution in [0.2, 0.25) is 0 Å². The highest BCUT2D eigenvalue weighted by Crippen LogP contribution is 2.27. The molecule has 0 aliphatic heterocycles. The molecule has 0 unspecified atom stereocenters. The molecule has 1 aromatic heterocycles. The summed E-state index contributed by atoms with van der Waals surface area (Å²) in [5.74, 6) is 0.931. The van der Waals surface area contributed by atoms with E-state index >= 15 is 0 Å². The van der Waals surface area contributed by atoms with E-state index < -0.39 is 0 Å². The molecule has 0 aliphatic rings. The second-order valence-electron chi connectivity index (χ2n) is 4.29. The Hall–Kier alpha value is -2.37. The van der Waals surface area contributed by atoms with Gasteiger partial charge in [0.05, 0.1) is 4.92 Å². The number of para-hydroxylation sites is 1. The molecule has 6 nitrogen and oxygen atoms in total. The quantitative estimate of drug-likeness (QED) is 0.475. The number of H-pyrrole nitrogens is 1. The van der Waals surface area contributed by atoms with E-state index in [-0.39, 0.29) is 10.6 Å². The monoisotopic (exact) mass is 260 g/mol. The van der Waals surface area contributed by atoms with Crippen molar-refractivity contribution in [3.8, 4) is 0 Å². The Morgan fingerprint density at radius 2 is 2.32 bits per heavy atom. The van der Waals surface area contributed by atoms with Gasteiger partial charge in [-0.05, 0) is 19.4 Å². The molecule has 0 fully saturated rings. The maximum Gasteiger partial charge on any atom is 0.295 e. The molecule has 0 amide bonds. The van der Waals surface area contributed by atoms with Crippen molar-refractivity contribution in [1.29, 1.82) is 0 Å². The van der Waals surface area contributed by atoms with E-state index in [1.807, 2.05) is 6.07 Å². The van der Waals surface area contributed by atoms with Gasteiger partial charge in [-0.1, -0.05) is 12.1 Å². The summed E-state index contributed by atoms with van der Waals surface area (Å²) in [6.45, 7) is 2.41. The van der Waals surface area contributed by atoms with Gasteiger partial charge in [-0.25, -0.2) is 4.98 Å². The zero-order valence-electron chi connectivity index (χ0n) is 10.7. The third-order valence-corrected chi connectivity index (χ3v) is 2.88. The van der Waals surface area contributed by atoms with Gasteiger partial charge in [-0.3, -0.25) is 10.1 Å². The fraction of sp³-hybridized carbons (Fsp3) is 0.308. The molecule has 1 aromatic carbocycles. The molecule has 0 radical (unpaired) electrons. The van der Waals surface area contributed by atoms with E-state index in [1.165, 1.54) is 0 Å². The number of hydrogen-bond donors (Lipinski definition) is 2. The molecule has 0 saturated heterocycles. The standard InChI is InChI=1S/C13H16N4O2/c1-10-4-2-5-11(13(10)17(18)19)14-7-3-6-12-15-8-9-16-12/h2,4-5,8-9,14H,3,6-7H2,1H3,(H,15,16). The van der Waals surface area contributed by atoms with Crippen molar-refractivity contribution < 1.29 is 4.92 Å². The fourth-order valence-electron chi connectivity index (χ4n) is 1.96. The number of nitro benzene ring substituents is 1. The van der Waals surface area contributed by atoms with E-state index in [2.05, 4.69) is 15.3 Å². The number of anilines is 1. The molecule has 0 aliphatic carbocycles. The van der Waals surface area contributed by atoms with Gasteiger partial charge in [-0.2, -0.15) is 0 Å². The largest absolute Gasteiger partial charge is 0.379 e. The van der Waals surface area contributed by atoms with Gasteiger partial charge >= 0.3 is 0 Å². The number of nitrogens with one attached hydrogen (secondary N) is 2. The van der Waals surface area contributed by atoms with E-state index in [0.717, 1.165) is 18.7 Å². The summed E-state index contributed by atoms with van der Waals surface area (Å²) >= 11 is 0. The van der Waals surface area contributed by atoms with Crippen molar-refractivity contribution in [2.24, 2.45) is 0 Å². The number of aromatic nitrogens is 2. The lowest BCUT2D eigenvalue weighted by molar-refractivity contribution is -0.384. The maximum atomic E-state index is 11.0. The van der Waals surface area contributed by atoms with Crippen LogP contribution in [0.3, 0.4) is 0 Å². The molecule has 0 atom stereocenters. The molecule has 19 heavy (non-hydrogen) atoms. The van der Waals surface area contributed by atoms with Crippen molar-refractivity contribution in [3.05, 3.63) is 52.1 Å². The fourth-order valence-corrected chi connectivity index (χ4v) is 1.96. The molecule has 6 heteroatoms. The van der Waals surface area contributed by atoms with E-state index in [4.69, 9.17) is 0 Å². The number of imidazole rings is 1. The molecule has 2 aromatic rings. The minimum atomic E-state index is -0.343. The molecule has 1 heterocycles. The summed E-state index contributed by atoms with van der Waals surface area (Å²) in [6.07, 6.45) is 5.18. The van der Waals surface area contributed by atoms with Crippen LogP contribution in [0.5, 0.6) is 0 Å². The molecule has 0 saturated carbocycles. The topological polar surface area (TPSA) is 83.8 Å². The van der Waals surface area contributed by atoms with Crippen molar-refractivity contribution in [1.82, 2.24) is 9.97 Å². The lowest BCUT2D eigenvalue weighted by Gasteiger charge is -2.08. The van der Waals surface area contributed by atoms with E-state index in [9.17, 15) is 10.1 Å². The zero-order valence-corrected chi connectivity index (χ0v) is 10.7. The lowest BCUT2D eigenvalue weighted by Crippen LogP contribution is -2.06. The average Bonchev–Trinajstić information content (AvgIpc) is 2.87. The first kappa shape index (κ1) is 13.1. The molecule has 2 N–H and O–H groups in total. The minimum absolute atomic E-state index is 0.153. The van der Waals surface area contributed by atoms with Crippen LogP contribution in [-0.2, 0) is 6.42 Å².